The van der Waals surface area contributed by atoms with Crippen LogP contribution in [0.4, 0.5) is 4.79 Å². The van der Waals surface area contributed by atoms with Gasteiger partial charge in [0.15, 0.2) is 0 Å². The van der Waals surface area contributed by atoms with Crippen LogP contribution in [0.3, 0.4) is 0 Å². The Kier molecular flexibility index (Phi) is 6.59. The molecule has 1 amide bonds. The van der Waals surface area contributed by atoms with E-state index in [0.717, 1.165) is 6.07 Å². The summed E-state index contributed by atoms with van der Waals surface area (Å²) in [4.78, 5) is 11.2. The third-order valence-electron chi connectivity index (χ3n) is 2.82. The number of nitrogens with two attached hydrogens (primary N) is 1. The molecule has 0 fully saturated rings. The number of aliphatic hydroxyl groups is 2. The molecule has 2 unspecified atom stereocenters. The van der Waals surface area contributed by atoms with Gasteiger partial charge in [0.25, 0.3) is 0 Å². The Morgan fingerprint density at radius 2 is 1.96 bits per heavy atom. The second-order valence-electron chi connectivity index (χ2n) is 6.13. The second kappa shape index (κ2) is 7.66. The minimum absolute atomic E-state index is 0.172. The topological polar surface area (TPSA) is 139 Å². The molecule has 1 rings (SSSR count). The number of carbonyl (C=O) groups excluding carboxylic acids is 1. The van der Waals surface area contributed by atoms with Crippen molar-refractivity contribution in [3.8, 4) is 0 Å². The first-order valence-corrected chi connectivity index (χ1v) is 8.89. The number of hydrogen-bond acceptors (Lipinski definition) is 6. The van der Waals surface area contributed by atoms with E-state index < -0.39 is 33.9 Å². The quantitative estimate of drug-likeness (QED) is 0.598. The van der Waals surface area contributed by atoms with E-state index in [9.17, 15) is 23.4 Å². The predicted molar refractivity (Wildman–Crippen MR) is 88.0 cm³/mol. The molecule has 1 aromatic carbocycles. The Hall–Kier alpha value is -1.39. The van der Waals surface area contributed by atoms with E-state index >= 15 is 0 Å². The number of rotatable bonds is 5. The lowest BCUT2D eigenvalue weighted by atomic mass is 10.0. The third kappa shape index (κ3) is 6.25. The molecule has 5 N–H and O–H groups in total. The van der Waals surface area contributed by atoms with Gasteiger partial charge >= 0.3 is 6.09 Å². The summed E-state index contributed by atoms with van der Waals surface area (Å²) in [6.45, 7) is 4.79. The molecule has 1 aromatic rings. The molecule has 24 heavy (non-hydrogen) atoms. The van der Waals surface area contributed by atoms with Gasteiger partial charge in [0, 0.05) is 6.54 Å². The summed E-state index contributed by atoms with van der Waals surface area (Å²) in [5.41, 5.74) is -0.518. The minimum atomic E-state index is -3.98. The zero-order valence-corrected chi connectivity index (χ0v) is 15.1. The number of halogens is 1. The first kappa shape index (κ1) is 20.7. The zero-order chi connectivity index (χ0) is 18.7. The van der Waals surface area contributed by atoms with Crippen molar-refractivity contribution in [1.82, 2.24) is 5.32 Å². The Balaban J connectivity index is 2.74. The first-order chi connectivity index (χ1) is 10.8. The maximum absolute atomic E-state index is 11.5. The Labute approximate surface area is 145 Å². The summed E-state index contributed by atoms with van der Waals surface area (Å²) in [7, 11) is -3.98. The van der Waals surface area contributed by atoms with Crippen molar-refractivity contribution >= 4 is 27.7 Å². The van der Waals surface area contributed by atoms with Gasteiger partial charge < -0.3 is 20.3 Å². The van der Waals surface area contributed by atoms with Crippen molar-refractivity contribution in [2.45, 2.75) is 43.5 Å². The summed E-state index contributed by atoms with van der Waals surface area (Å²) in [6, 6.07) is 3.58. The largest absolute Gasteiger partial charge is 0.444 e. The van der Waals surface area contributed by atoms with Crippen LogP contribution in [-0.2, 0) is 14.8 Å². The van der Waals surface area contributed by atoms with Crippen molar-refractivity contribution < 1.29 is 28.2 Å². The highest BCUT2D eigenvalue weighted by atomic mass is 35.5. The normalized spacial score (nSPS) is 14.8. The van der Waals surface area contributed by atoms with Gasteiger partial charge in [-0.3, -0.25) is 0 Å². The molecule has 8 nitrogen and oxygen atoms in total. The first-order valence-electron chi connectivity index (χ1n) is 6.96. The second-order valence-corrected chi connectivity index (χ2v) is 8.07. The van der Waals surface area contributed by atoms with Crippen molar-refractivity contribution in [2.24, 2.45) is 5.14 Å². The fourth-order valence-electron chi connectivity index (χ4n) is 1.77. The van der Waals surface area contributed by atoms with Gasteiger partial charge in [-0.1, -0.05) is 17.7 Å². The number of amides is 1. The van der Waals surface area contributed by atoms with E-state index in [1.165, 1.54) is 12.1 Å². The van der Waals surface area contributed by atoms with Gasteiger partial charge in [0.2, 0.25) is 10.0 Å². The van der Waals surface area contributed by atoms with Crippen LogP contribution in [0.2, 0.25) is 5.02 Å². The molecule has 0 heterocycles. The molecule has 0 aliphatic heterocycles. The number of carbonyl (C=O) groups is 1. The van der Waals surface area contributed by atoms with E-state index in [-0.39, 0.29) is 22.0 Å². The van der Waals surface area contributed by atoms with Crippen LogP contribution < -0.4 is 10.5 Å². The van der Waals surface area contributed by atoms with E-state index in [1.807, 2.05) is 0 Å². The molecule has 2 atom stereocenters. The number of sulfonamides is 1. The molecule has 0 bridgehead atoms. The predicted octanol–water partition coefficient (Wildman–Crippen LogP) is 0.906. The number of alkyl carbamates (subject to hydrolysis) is 1. The molecule has 0 aliphatic rings. The number of primary sulfonamides is 1. The molecular formula is C14H21ClN2O6S. The third-order valence-corrected chi connectivity index (χ3v) is 4.22. The number of benzene rings is 1. The SMILES string of the molecule is CC(C)(C)OC(=O)NCC(O)C(O)c1ccc(S(N)(=O)=O)c(Cl)c1. The summed E-state index contributed by atoms with van der Waals surface area (Å²) in [5, 5.41) is 27.1. The van der Waals surface area contributed by atoms with E-state index in [2.05, 4.69) is 5.32 Å². The lowest BCUT2D eigenvalue weighted by Gasteiger charge is -2.22. The molecule has 0 saturated heterocycles. The monoisotopic (exact) mass is 380 g/mol. The molecule has 0 spiro atoms. The highest BCUT2D eigenvalue weighted by Crippen LogP contribution is 2.26. The van der Waals surface area contributed by atoms with Crippen LogP contribution in [0.5, 0.6) is 0 Å². The highest BCUT2D eigenvalue weighted by molar-refractivity contribution is 7.89. The van der Waals surface area contributed by atoms with Crippen molar-refractivity contribution in [3.63, 3.8) is 0 Å². The van der Waals surface area contributed by atoms with Gasteiger partial charge in [-0.05, 0) is 38.5 Å². The van der Waals surface area contributed by atoms with Crippen LogP contribution in [0, 0.1) is 0 Å². The van der Waals surface area contributed by atoms with Crippen LogP contribution in [-0.4, -0.2) is 43.0 Å². The van der Waals surface area contributed by atoms with E-state index in [1.54, 1.807) is 20.8 Å². The summed E-state index contributed by atoms with van der Waals surface area (Å²) >= 11 is 5.82. The smallest absolute Gasteiger partial charge is 0.407 e. The number of aliphatic hydroxyl groups excluding tert-OH is 2. The van der Waals surface area contributed by atoms with Crippen molar-refractivity contribution in [1.29, 1.82) is 0 Å². The fraction of sp³-hybridized carbons (Fsp3) is 0.500. The van der Waals surface area contributed by atoms with Gasteiger partial charge in [-0.25, -0.2) is 18.4 Å². The van der Waals surface area contributed by atoms with Crippen LogP contribution in [0.25, 0.3) is 0 Å². The van der Waals surface area contributed by atoms with Crippen molar-refractivity contribution in [2.75, 3.05) is 6.54 Å². The van der Waals surface area contributed by atoms with E-state index in [0.29, 0.717) is 0 Å². The average Bonchev–Trinajstić information content (AvgIpc) is 2.40. The van der Waals surface area contributed by atoms with Crippen LogP contribution in [0.1, 0.15) is 32.4 Å². The molecule has 0 aromatic heterocycles. The maximum atomic E-state index is 11.5. The summed E-state index contributed by atoms with van der Waals surface area (Å²) in [5.74, 6) is 0. The number of ether oxygens (including phenoxy) is 1. The van der Waals surface area contributed by atoms with Crippen LogP contribution >= 0.6 is 11.6 Å². The lowest BCUT2D eigenvalue weighted by molar-refractivity contribution is 0.0129. The highest BCUT2D eigenvalue weighted by Gasteiger charge is 2.23. The molecule has 0 saturated carbocycles. The lowest BCUT2D eigenvalue weighted by Crippen LogP contribution is -2.38. The van der Waals surface area contributed by atoms with Crippen LogP contribution in [0.15, 0.2) is 23.1 Å². The molecule has 10 heteroatoms. The fourth-order valence-corrected chi connectivity index (χ4v) is 2.87. The minimum Gasteiger partial charge on any atom is -0.444 e. The van der Waals surface area contributed by atoms with Gasteiger partial charge in [0.05, 0.1) is 5.02 Å². The molecule has 0 radical (unpaired) electrons. The molecule has 0 aliphatic carbocycles. The maximum Gasteiger partial charge on any atom is 0.407 e. The molecular weight excluding hydrogens is 360 g/mol. The zero-order valence-electron chi connectivity index (χ0n) is 13.5. The van der Waals surface area contributed by atoms with Gasteiger partial charge in [-0.2, -0.15) is 0 Å². The summed E-state index contributed by atoms with van der Waals surface area (Å²) in [6.07, 6.45) is -3.49. The standard InChI is InChI=1S/C14H21ClN2O6S/c1-14(2,3)23-13(20)17-7-10(18)12(19)8-4-5-11(9(15)6-8)24(16,21)22/h4-6,10,12,18-19H,7H2,1-3H3,(H,17,20)(H2,16,21,22). The Morgan fingerprint density at radius 3 is 2.42 bits per heavy atom. The Bertz CT molecular complexity index is 702. The Morgan fingerprint density at radius 1 is 1.38 bits per heavy atom. The summed E-state index contributed by atoms with van der Waals surface area (Å²) < 4.78 is 27.6. The van der Waals surface area contributed by atoms with Crippen molar-refractivity contribution in [3.05, 3.63) is 28.8 Å². The molecule has 136 valence electrons. The van der Waals surface area contributed by atoms with Gasteiger partial charge in [-0.15, -0.1) is 0 Å². The number of nitrogens with one attached hydrogen (secondary N) is 1. The average molecular weight is 381 g/mol. The number of hydrogen-bond donors (Lipinski definition) is 4. The van der Waals surface area contributed by atoms with Gasteiger partial charge in [0.1, 0.15) is 22.7 Å². The van der Waals surface area contributed by atoms with E-state index in [4.69, 9.17) is 21.5 Å².